The molecule has 0 heterocycles. The summed E-state index contributed by atoms with van der Waals surface area (Å²) in [6.07, 6.45) is 6.31. The Morgan fingerprint density at radius 1 is 1.62 bits per heavy atom. The van der Waals surface area contributed by atoms with E-state index in [9.17, 15) is 4.79 Å². The predicted molar refractivity (Wildman–Crippen MR) is 49.3 cm³/mol. The molecular weight excluding hydrogens is 166 g/mol. The zero-order chi connectivity index (χ0) is 9.26. The molecule has 0 spiro atoms. The lowest BCUT2D eigenvalue weighted by molar-refractivity contribution is -0.120. The van der Waals surface area contributed by atoms with Gasteiger partial charge < -0.3 is 10.1 Å². The van der Waals surface area contributed by atoms with Crippen LogP contribution in [0.15, 0.2) is 11.6 Å². The number of hydrogen-bond acceptors (Lipinski definition) is 2. The molecule has 0 radical (unpaired) electrons. The molecule has 1 fully saturated rings. The van der Waals surface area contributed by atoms with E-state index in [1.165, 1.54) is 0 Å². The molecule has 3 heteroatoms. The van der Waals surface area contributed by atoms with Gasteiger partial charge in [-0.15, -0.1) is 0 Å². The molecule has 0 unspecified atom stereocenters. The van der Waals surface area contributed by atoms with Crippen LogP contribution in [0.3, 0.4) is 0 Å². The maximum absolute atomic E-state index is 11.4. The Hall–Kier alpha value is -0.830. The van der Waals surface area contributed by atoms with Crippen LogP contribution in [0.25, 0.3) is 0 Å². The van der Waals surface area contributed by atoms with Crippen molar-refractivity contribution >= 4 is 5.91 Å². The van der Waals surface area contributed by atoms with E-state index in [0.29, 0.717) is 12.1 Å². The molecule has 0 saturated heterocycles. The van der Waals surface area contributed by atoms with Crippen molar-refractivity contribution < 1.29 is 9.53 Å². The first-order valence-corrected chi connectivity index (χ1v) is 4.82. The van der Waals surface area contributed by atoms with Gasteiger partial charge in [-0.1, -0.05) is 6.08 Å². The monoisotopic (exact) mass is 181 g/mol. The third kappa shape index (κ3) is 1.75. The van der Waals surface area contributed by atoms with Crippen LogP contribution in [0.5, 0.6) is 0 Å². The fourth-order valence-electron chi connectivity index (χ4n) is 1.65. The number of carbonyl (C=O) groups is 1. The van der Waals surface area contributed by atoms with Crippen LogP contribution in [-0.4, -0.2) is 25.2 Å². The highest BCUT2D eigenvalue weighted by Crippen LogP contribution is 2.24. The average molecular weight is 181 g/mol. The number of amides is 1. The SMILES string of the molecule is COC1CC(NC(=O)C2=CCC2)C1. The number of ether oxygens (including phenoxy) is 1. The van der Waals surface area contributed by atoms with Gasteiger partial charge in [0.15, 0.2) is 0 Å². The third-order valence-corrected chi connectivity index (χ3v) is 2.86. The van der Waals surface area contributed by atoms with Crippen molar-refractivity contribution in [1.29, 1.82) is 0 Å². The fourth-order valence-corrected chi connectivity index (χ4v) is 1.65. The average Bonchev–Trinajstić information content (AvgIpc) is 1.92. The molecule has 0 aliphatic heterocycles. The van der Waals surface area contributed by atoms with Crippen LogP contribution >= 0.6 is 0 Å². The Morgan fingerprint density at radius 3 is 2.77 bits per heavy atom. The molecular formula is C10H15NO2. The maximum Gasteiger partial charge on any atom is 0.247 e. The van der Waals surface area contributed by atoms with Gasteiger partial charge in [0.05, 0.1) is 6.10 Å². The van der Waals surface area contributed by atoms with Crippen molar-refractivity contribution in [1.82, 2.24) is 5.32 Å². The highest BCUT2D eigenvalue weighted by molar-refractivity contribution is 5.94. The number of nitrogens with one attached hydrogen (secondary N) is 1. The Balaban J connectivity index is 1.71. The van der Waals surface area contributed by atoms with Crippen molar-refractivity contribution in [3.05, 3.63) is 11.6 Å². The molecule has 2 aliphatic carbocycles. The van der Waals surface area contributed by atoms with Crippen molar-refractivity contribution in [2.45, 2.75) is 37.8 Å². The highest BCUT2D eigenvalue weighted by atomic mass is 16.5. The molecule has 13 heavy (non-hydrogen) atoms. The van der Waals surface area contributed by atoms with Crippen LogP contribution in [0, 0.1) is 0 Å². The van der Waals surface area contributed by atoms with Crippen LogP contribution in [0.4, 0.5) is 0 Å². The van der Waals surface area contributed by atoms with Crippen molar-refractivity contribution in [2.24, 2.45) is 0 Å². The quantitative estimate of drug-likeness (QED) is 0.705. The number of allylic oxidation sites excluding steroid dienone is 1. The van der Waals surface area contributed by atoms with Crippen molar-refractivity contribution in [3.63, 3.8) is 0 Å². The minimum absolute atomic E-state index is 0.130. The minimum atomic E-state index is 0.130. The van der Waals surface area contributed by atoms with Crippen LogP contribution < -0.4 is 5.32 Å². The highest BCUT2D eigenvalue weighted by Gasteiger charge is 2.31. The van der Waals surface area contributed by atoms with E-state index >= 15 is 0 Å². The fraction of sp³-hybridized carbons (Fsp3) is 0.700. The number of methoxy groups -OCH3 is 1. The van der Waals surface area contributed by atoms with Gasteiger partial charge in [0.2, 0.25) is 5.91 Å². The number of carbonyl (C=O) groups excluding carboxylic acids is 1. The number of rotatable bonds is 3. The summed E-state index contributed by atoms with van der Waals surface area (Å²) in [6.45, 7) is 0. The molecule has 1 amide bonds. The second-order valence-corrected chi connectivity index (χ2v) is 3.77. The molecule has 1 saturated carbocycles. The Morgan fingerprint density at radius 2 is 2.31 bits per heavy atom. The molecule has 2 aliphatic rings. The zero-order valence-electron chi connectivity index (χ0n) is 7.88. The molecule has 0 aromatic heterocycles. The van der Waals surface area contributed by atoms with Crippen molar-refractivity contribution in [3.8, 4) is 0 Å². The van der Waals surface area contributed by atoms with E-state index in [2.05, 4.69) is 5.32 Å². The van der Waals surface area contributed by atoms with Gasteiger partial charge in [-0.2, -0.15) is 0 Å². The van der Waals surface area contributed by atoms with Crippen molar-refractivity contribution in [2.75, 3.05) is 7.11 Å². The molecule has 72 valence electrons. The van der Waals surface area contributed by atoms with E-state index in [-0.39, 0.29) is 5.91 Å². The summed E-state index contributed by atoms with van der Waals surface area (Å²) >= 11 is 0. The topological polar surface area (TPSA) is 38.3 Å². The summed E-state index contributed by atoms with van der Waals surface area (Å²) in [5.74, 6) is 0.130. The summed E-state index contributed by atoms with van der Waals surface area (Å²) < 4.78 is 5.13. The largest absolute Gasteiger partial charge is 0.381 e. The Bertz CT molecular complexity index is 241. The molecule has 0 bridgehead atoms. The minimum Gasteiger partial charge on any atom is -0.381 e. The smallest absolute Gasteiger partial charge is 0.247 e. The van der Waals surface area contributed by atoms with Gasteiger partial charge in [0, 0.05) is 18.7 Å². The molecule has 2 rings (SSSR count). The molecule has 0 aromatic rings. The van der Waals surface area contributed by atoms with Gasteiger partial charge in [-0.3, -0.25) is 4.79 Å². The van der Waals surface area contributed by atoms with Crippen LogP contribution in [0.1, 0.15) is 25.7 Å². The molecule has 0 aromatic carbocycles. The zero-order valence-corrected chi connectivity index (χ0v) is 7.88. The van der Waals surface area contributed by atoms with Crippen LogP contribution in [0.2, 0.25) is 0 Å². The van der Waals surface area contributed by atoms with E-state index in [0.717, 1.165) is 31.3 Å². The molecule has 3 nitrogen and oxygen atoms in total. The predicted octanol–water partition coefficient (Wildman–Crippen LogP) is 1.00. The van der Waals surface area contributed by atoms with E-state index in [1.807, 2.05) is 6.08 Å². The van der Waals surface area contributed by atoms with Gasteiger partial charge in [0.25, 0.3) is 0 Å². The Kier molecular flexibility index (Phi) is 2.36. The molecule has 1 N–H and O–H groups in total. The summed E-state index contributed by atoms with van der Waals surface area (Å²) in [5.41, 5.74) is 0.959. The normalized spacial score (nSPS) is 31.3. The summed E-state index contributed by atoms with van der Waals surface area (Å²) in [6, 6.07) is 0.346. The third-order valence-electron chi connectivity index (χ3n) is 2.86. The first-order chi connectivity index (χ1) is 6.29. The van der Waals surface area contributed by atoms with Gasteiger partial charge in [-0.25, -0.2) is 0 Å². The summed E-state index contributed by atoms with van der Waals surface area (Å²) in [5, 5.41) is 3.00. The second kappa shape index (κ2) is 3.50. The standard InChI is InChI=1S/C10H15NO2/c1-13-9-5-8(6-9)11-10(12)7-3-2-4-7/h3,8-9H,2,4-6H2,1H3,(H,11,12). The Labute approximate surface area is 78.1 Å². The van der Waals surface area contributed by atoms with E-state index in [4.69, 9.17) is 4.74 Å². The maximum atomic E-state index is 11.4. The summed E-state index contributed by atoms with van der Waals surface area (Å²) in [4.78, 5) is 11.4. The number of hydrogen-bond donors (Lipinski definition) is 1. The lowest BCUT2D eigenvalue weighted by Gasteiger charge is -2.35. The lowest BCUT2D eigenvalue weighted by Crippen LogP contribution is -2.48. The summed E-state index contributed by atoms with van der Waals surface area (Å²) in [7, 11) is 1.72. The second-order valence-electron chi connectivity index (χ2n) is 3.77. The first kappa shape index (κ1) is 8.75. The lowest BCUT2D eigenvalue weighted by atomic mass is 9.88. The van der Waals surface area contributed by atoms with E-state index in [1.54, 1.807) is 7.11 Å². The molecule has 0 atom stereocenters. The van der Waals surface area contributed by atoms with E-state index < -0.39 is 0 Å². The van der Waals surface area contributed by atoms with Gasteiger partial charge >= 0.3 is 0 Å². The first-order valence-electron chi connectivity index (χ1n) is 4.82. The van der Waals surface area contributed by atoms with Gasteiger partial charge in [0.1, 0.15) is 0 Å². The van der Waals surface area contributed by atoms with Crippen LogP contribution in [-0.2, 0) is 9.53 Å². The van der Waals surface area contributed by atoms with Gasteiger partial charge in [-0.05, 0) is 25.7 Å².